The Labute approximate surface area is 179 Å². The molecule has 0 unspecified atom stereocenters. The summed E-state index contributed by atoms with van der Waals surface area (Å²) in [6, 6.07) is 8.65. The zero-order valence-corrected chi connectivity index (χ0v) is 17.8. The summed E-state index contributed by atoms with van der Waals surface area (Å²) in [6.07, 6.45) is 1.44. The number of halogens is 2. The first kappa shape index (κ1) is 20.2. The Hall–Kier alpha value is -2.53. The molecule has 9 heteroatoms. The van der Waals surface area contributed by atoms with Crippen LogP contribution in [0, 0.1) is 9.39 Å². The summed E-state index contributed by atoms with van der Waals surface area (Å²) in [7, 11) is 3.02. The van der Waals surface area contributed by atoms with E-state index in [1.807, 2.05) is 0 Å². The van der Waals surface area contributed by atoms with Crippen LogP contribution in [0.4, 0.5) is 10.1 Å². The third-order valence-corrected chi connectivity index (χ3v) is 5.04. The minimum Gasteiger partial charge on any atom is -0.493 e. The summed E-state index contributed by atoms with van der Waals surface area (Å²) in [5.74, 6) is -0.642. The van der Waals surface area contributed by atoms with Gasteiger partial charge >= 0.3 is 0 Å². The van der Waals surface area contributed by atoms with Gasteiger partial charge in [-0.3, -0.25) is 19.8 Å². The van der Waals surface area contributed by atoms with E-state index in [1.54, 1.807) is 12.1 Å². The summed E-state index contributed by atoms with van der Waals surface area (Å²) >= 11 is 7.19. The third-order valence-electron chi connectivity index (χ3n) is 3.95. The fourth-order valence-corrected chi connectivity index (χ4v) is 3.80. The van der Waals surface area contributed by atoms with Crippen molar-refractivity contribution in [3.63, 3.8) is 0 Å². The number of thiocarbonyl (C=S) groups is 1. The van der Waals surface area contributed by atoms with Crippen molar-refractivity contribution >= 4 is 63.5 Å². The lowest BCUT2D eigenvalue weighted by Gasteiger charge is -2.28. The van der Waals surface area contributed by atoms with E-state index < -0.39 is 17.6 Å². The third kappa shape index (κ3) is 3.85. The molecule has 144 valence electrons. The highest BCUT2D eigenvalue weighted by atomic mass is 127. The molecular weight excluding hydrogens is 498 g/mol. The zero-order valence-electron chi connectivity index (χ0n) is 14.8. The quantitative estimate of drug-likeness (QED) is 0.295. The minimum atomic E-state index is -0.613. The van der Waals surface area contributed by atoms with E-state index in [-0.39, 0.29) is 10.7 Å². The van der Waals surface area contributed by atoms with Gasteiger partial charge in [-0.05, 0) is 82.8 Å². The van der Waals surface area contributed by atoms with E-state index in [0.29, 0.717) is 22.7 Å². The van der Waals surface area contributed by atoms with Crippen molar-refractivity contribution in [1.29, 1.82) is 0 Å². The van der Waals surface area contributed by atoms with Crippen LogP contribution in [0.5, 0.6) is 11.5 Å². The largest absolute Gasteiger partial charge is 0.493 e. The van der Waals surface area contributed by atoms with Crippen molar-refractivity contribution in [3.8, 4) is 11.5 Å². The molecular formula is C19H14FIN2O4S. The van der Waals surface area contributed by atoms with Crippen molar-refractivity contribution in [2.45, 2.75) is 0 Å². The maximum atomic E-state index is 13.2. The second kappa shape index (κ2) is 8.23. The number of nitrogens with zero attached hydrogens (tertiary/aromatic N) is 1. The monoisotopic (exact) mass is 512 g/mol. The lowest BCUT2D eigenvalue weighted by Crippen LogP contribution is -2.54. The highest BCUT2D eigenvalue weighted by Crippen LogP contribution is 2.34. The number of carbonyl (C=O) groups is 2. The van der Waals surface area contributed by atoms with Crippen LogP contribution in [0.15, 0.2) is 42.0 Å². The van der Waals surface area contributed by atoms with Crippen LogP contribution in [0.2, 0.25) is 0 Å². The van der Waals surface area contributed by atoms with Crippen molar-refractivity contribution < 1.29 is 23.5 Å². The normalized spacial score (nSPS) is 15.6. The summed E-state index contributed by atoms with van der Waals surface area (Å²) in [6.45, 7) is 0. The number of benzene rings is 2. The molecule has 2 aromatic carbocycles. The number of methoxy groups -OCH3 is 2. The SMILES string of the molecule is COc1cc(C=C2C(=O)NC(=S)N(c3ccc(F)cc3)C2=O)cc(I)c1OC. The first-order chi connectivity index (χ1) is 13.3. The fourth-order valence-electron chi connectivity index (χ4n) is 2.67. The molecule has 1 aliphatic rings. The number of nitrogens with one attached hydrogen (secondary N) is 1. The van der Waals surface area contributed by atoms with Gasteiger partial charge in [-0.25, -0.2) is 4.39 Å². The number of ether oxygens (including phenoxy) is 2. The van der Waals surface area contributed by atoms with E-state index >= 15 is 0 Å². The van der Waals surface area contributed by atoms with Gasteiger partial charge in [-0.15, -0.1) is 0 Å². The van der Waals surface area contributed by atoms with Crippen molar-refractivity contribution in [1.82, 2.24) is 5.32 Å². The number of anilines is 1. The van der Waals surface area contributed by atoms with Crippen LogP contribution in [-0.4, -0.2) is 31.1 Å². The summed E-state index contributed by atoms with van der Waals surface area (Å²) < 4.78 is 24.6. The highest BCUT2D eigenvalue weighted by molar-refractivity contribution is 14.1. The lowest BCUT2D eigenvalue weighted by molar-refractivity contribution is -0.122. The van der Waals surface area contributed by atoms with Gasteiger partial charge in [0.1, 0.15) is 11.4 Å². The van der Waals surface area contributed by atoms with Gasteiger partial charge in [0.05, 0.1) is 23.5 Å². The van der Waals surface area contributed by atoms with Crippen LogP contribution in [-0.2, 0) is 9.59 Å². The second-order valence-corrected chi connectivity index (χ2v) is 7.22. The molecule has 28 heavy (non-hydrogen) atoms. The van der Waals surface area contributed by atoms with Crippen LogP contribution in [0.3, 0.4) is 0 Å². The smallest absolute Gasteiger partial charge is 0.270 e. The van der Waals surface area contributed by atoms with E-state index in [4.69, 9.17) is 21.7 Å². The molecule has 2 aromatic rings. The van der Waals surface area contributed by atoms with Gasteiger partial charge in [0, 0.05) is 0 Å². The predicted molar refractivity (Wildman–Crippen MR) is 115 cm³/mol. The van der Waals surface area contributed by atoms with Gasteiger partial charge < -0.3 is 9.47 Å². The molecule has 0 bridgehead atoms. The van der Waals surface area contributed by atoms with E-state index in [2.05, 4.69) is 27.9 Å². The molecule has 3 rings (SSSR count). The van der Waals surface area contributed by atoms with Crippen LogP contribution in [0.25, 0.3) is 6.08 Å². The molecule has 0 spiro atoms. The van der Waals surface area contributed by atoms with Gasteiger partial charge in [0.25, 0.3) is 11.8 Å². The van der Waals surface area contributed by atoms with Gasteiger partial charge in [-0.2, -0.15) is 0 Å². The molecule has 0 radical (unpaired) electrons. The minimum absolute atomic E-state index is 0.0688. The fraction of sp³-hybridized carbons (Fsp3) is 0.105. The standard InChI is InChI=1S/C19H14FIN2O4S/c1-26-15-9-10(8-14(21)16(15)27-2)7-13-17(24)22-19(28)23(18(13)25)12-5-3-11(20)4-6-12/h3-9H,1-2H3,(H,22,24,28). The van der Waals surface area contributed by atoms with Gasteiger partial charge in [0.15, 0.2) is 16.6 Å². The van der Waals surface area contributed by atoms with Gasteiger partial charge in [0.2, 0.25) is 0 Å². The zero-order chi connectivity index (χ0) is 20.4. The number of hydrogen-bond acceptors (Lipinski definition) is 5. The van der Waals surface area contributed by atoms with Crippen LogP contribution >= 0.6 is 34.8 Å². The molecule has 1 heterocycles. The number of rotatable bonds is 4. The van der Waals surface area contributed by atoms with E-state index in [1.165, 1.54) is 44.6 Å². The Morgan fingerprint density at radius 1 is 1.14 bits per heavy atom. The second-order valence-electron chi connectivity index (χ2n) is 5.67. The topological polar surface area (TPSA) is 67.9 Å². The Balaban J connectivity index is 2.04. The summed E-state index contributed by atoms with van der Waals surface area (Å²) in [5.41, 5.74) is 0.817. The molecule has 1 N–H and O–H groups in total. The Morgan fingerprint density at radius 2 is 1.82 bits per heavy atom. The Morgan fingerprint density at radius 3 is 2.43 bits per heavy atom. The van der Waals surface area contributed by atoms with Crippen LogP contribution in [0.1, 0.15) is 5.56 Å². The number of hydrogen-bond donors (Lipinski definition) is 1. The average molecular weight is 512 g/mol. The van der Waals surface area contributed by atoms with E-state index in [9.17, 15) is 14.0 Å². The average Bonchev–Trinajstić information content (AvgIpc) is 2.66. The molecule has 0 atom stereocenters. The molecule has 1 fully saturated rings. The molecule has 0 aromatic heterocycles. The summed E-state index contributed by atoms with van der Waals surface area (Å²) in [5, 5.41) is 2.42. The molecule has 1 saturated heterocycles. The predicted octanol–water partition coefficient (Wildman–Crippen LogP) is 3.28. The van der Waals surface area contributed by atoms with E-state index in [0.717, 1.165) is 8.47 Å². The maximum absolute atomic E-state index is 13.2. The van der Waals surface area contributed by atoms with Gasteiger partial charge in [-0.1, -0.05) is 0 Å². The molecule has 0 saturated carbocycles. The molecule has 0 aliphatic carbocycles. The first-order valence-electron chi connectivity index (χ1n) is 7.94. The van der Waals surface area contributed by atoms with Crippen molar-refractivity contribution in [3.05, 3.63) is 56.9 Å². The maximum Gasteiger partial charge on any atom is 0.270 e. The van der Waals surface area contributed by atoms with Crippen molar-refractivity contribution in [2.24, 2.45) is 0 Å². The number of amides is 2. The van der Waals surface area contributed by atoms with Crippen molar-refractivity contribution in [2.75, 3.05) is 19.1 Å². The number of carbonyl (C=O) groups excluding carboxylic acids is 2. The van der Waals surface area contributed by atoms with Crippen LogP contribution < -0.4 is 19.7 Å². The lowest BCUT2D eigenvalue weighted by atomic mass is 10.1. The summed E-state index contributed by atoms with van der Waals surface area (Å²) in [4.78, 5) is 26.5. The Kier molecular flexibility index (Phi) is 5.94. The molecule has 2 amide bonds. The Bertz CT molecular complexity index is 1010. The highest BCUT2D eigenvalue weighted by Gasteiger charge is 2.34. The molecule has 6 nitrogen and oxygen atoms in total. The first-order valence-corrected chi connectivity index (χ1v) is 9.43. The molecule has 1 aliphatic heterocycles.